The van der Waals surface area contributed by atoms with E-state index in [1.54, 1.807) is 21.7 Å². The van der Waals surface area contributed by atoms with Crippen molar-refractivity contribution >= 4 is 22.6 Å². The topological polar surface area (TPSA) is 83.5 Å². The molecule has 0 atom stereocenters. The van der Waals surface area contributed by atoms with E-state index in [-0.39, 0.29) is 22.5 Å². The molecule has 0 radical (unpaired) electrons. The van der Waals surface area contributed by atoms with Gasteiger partial charge in [0.2, 0.25) is 0 Å². The van der Waals surface area contributed by atoms with Crippen LogP contribution in [-0.4, -0.2) is 37.8 Å². The number of carbonyl (C=O) groups is 1. The third kappa shape index (κ3) is 3.21. The molecule has 1 aliphatic rings. The first-order valence-corrected chi connectivity index (χ1v) is 10.9. The molecule has 1 N–H and O–H groups in total. The third-order valence-electron chi connectivity index (χ3n) is 6.21. The van der Waals surface area contributed by atoms with Gasteiger partial charge in [0, 0.05) is 25.0 Å². The third-order valence-corrected chi connectivity index (χ3v) is 6.21. The van der Waals surface area contributed by atoms with Crippen LogP contribution in [0, 0.1) is 19.3 Å². The van der Waals surface area contributed by atoms with Gasteiger partial charge in [-0.05, 0) is 62.9 Å². The van der Waals surface area contributed by atoms with Gasteiger partial charge in [-0.25, -0.2) is 4.98 Å². The summed E-state index contributed by atoms with van der Waals surface area (Å²) in [6.45, 7) is 5.25. The normalized spacial score (nSPS) is 14.2. The summed E-state index contributed by atoms with van der Waals surface area (Å²) < 4.78 is 3.13. The maximum absolute atomic E-state index is 13.5. The summed E-state index contributed by atoms with van der Waals surface area (Å²) in [5.74, 6) is -0.203. The average molecular weight is 428 g/mol. The van der Waals surface area contributed by atoms with Crippen LogP contribution in [0.4, 0.5) is 0 Å². The van der Waals surface area contributed by atoms with Crippen molar-refractivity contribution < 1.29 is 4.79 Å². The van der Waals surface area contributed by atoms with Gasteiger partial charge in [-0.1, -0.05) is 23.8 Å². The van der Waals surface area contributed by atoms with E-state index in [4.69, 9.17) is 10.4 Å². The summed E-state index contributed by atoms with van der Waals surface area (Å²) >= 11 is 0. The predicted octanol–water partition coefficient (Wildman–Crippen LogP) is 3.36. The number of amides is 1. The number of hydrogen-bond acceptors (Lipinski definition) is 4. The first-order chi connectivity index (χ1) is 15.5. The van der Waals surface area contributed by atoms with Gasteiger partial charge in [-0.2, -0.15) is 0 Å². The number of benzene rings is 1. The largest absolute Gasteiger partial charge is 0.339 e. The fourth-order valence-electron chi connectivity index (χ4n) is 4.41. The highest BCUT2D eigenvalue weighted by molar-refractivity contribution is 5.97. The summed E-state index contributed by atoms with van der Waals surface area (Å²) in [7, 11) is 0. The Hall–Kier alpha value is -3.74. The number of carbonyl (C=O) groups excluding carboxylic acids is 1. The molecule has 4 heterocycles. The summed E-state index contributed by atoms with van der Waals surface area (Å²) in [5.41, 5.74) is 3.59. The van der Waals surface area contributed by atoms with Crippen molar-refractivity contribution in [3.63, 3.8) is 0 Å². The Kier molecular flexibility index (Phi) is 4.89. The second kappa shape index (κ2) is 7.75. The number of piperidine rings is 1. The van der Waals surface area contributed by atoms with Gasteiger partial charge >= 0.3 is 0 Å². The zero-order valence-electron chi connectivity index (χ0n) is 18.3. The number of aromatic nitrogens is 3. The van der Waals surface area contributed by atoms with E-state index in [1.807, 2.05) is 50.2 Å². The molecule has 1 aliphatic heterocycles. The molecular formula is C25H25N5O2. The SMILES string of the molecule is Cc1ccc(-n2c(=N)c(C(=O)N3CCCCC3)cc3c(=O)n4cccc(C)c4nc32)cc1. The Morgan fingerprint density at radius 3 is 2.44 bits per heavy atom. The molecule has 5 rings (SSSR count). The molecule has 7 heteroatoms. The van der Waals surface area contributed by atoms with Gasteiger partial charge in [0.25, 0.3) is 11.5 Å². The van der Waals surface area contributed by atoms with E-state index >= 15 is 0 Å². The molecule has 1 fully saturated rings. The molecule has 0 aliphatic carbocycles. The van der Waals surface area contributed by atoms with E-state index < -0.39 is 0 Å². The van der Waals surface area contributed by atoms with Crippen molar-refractivity contribution in [1.82, 2.24) is 18.9 Å². The Labute approximate surface area is 185 Å². The van der Waals surface area contributed by atoms with E-state index in [0.29, 0.717) is 35.5 Å². The van der Waals surface area contributed by atoms with Crippen LogP contribution in [-0.2, 0) is 0 Å². The van der Waals surface area contributed by atoms with E-state index in [9.17, 15) is 9.59 Å². The quantitative estimate of drug-likeness (QED) is 0.498. The van der Waals surface area contributed by atoms with Gasteiger partial charge in [0.05, 0.1) is 10.9 Å². The molecule has 32 heavy (non-hydrogen) atoms. The van der Waals surface area contributed by atoms with Crippen LogP contribution in [0.5, 0.6) is 0 Å². The van der Waals surface area contributed by atoms with Crippen LogP contribution in [0.1, 0.15) is 40.7 Å². The Morgan fingerprint density at radius 2 is 1.72 bits per heavy atom. The van der Waals surface area contributed by atoms with Gasteiger partial charge in [0.15, 0.2) is 5.65 Å². The summed E-state index contributed by atoms with van der Waals surface area (Å²) in [4.78, 5) is 33.4. The number of nitrogens with zero attached hydrogens (tertiary/aromatic N) is 4. The van der Waals surface area contributed by atoms with E-state index in [2.05, 4.69) is 0 Å². The highest BCUT2D eigenvalue weighted by Gasteiger charge is 2.23. The molecule has 7 nitrogen and oxygen atoms in total. The molecule has 0 spiro atoms. The lowest BCUT2D eigenvalue weighted by Gasteiger charge is -2.27. The van der Waals surface area contributed by atoms with Crippen LogP contribution in [0.2, 0.25) is 0 Å². The van der Waals surface area contributed by atoms with Crippen LogP contribution in [0.15, 0.2) is 53.5 Å². The molecule has 1 saturated heterocycles. The van der Waals surface area contributed by atoms with Crippen LogP contribution in [0.25, 0.3) is 22.4 Å². The second-order valence-electron chi connectivity index (χ2n) is 8.47. The zero-order chi connectivity index (χ0) is 22.4. The van der Waals surface area contributed by atoms with Crippen molar-refractivity contribution in [2.24, 2.45) is 0 Å². The van der Waals surface area contributed by atoms with E-state index in [1.165, 1.54) is 4.40 Å². The van der Waals surface area contributed by atoms with Crippen LogP contribution < -0.4 is 11.0 Å². The van der Waals surface area contributed by atoms with Crippen molar-refractivity contribution in [3.05, 3.63) is 81.2 Å². The first-order valence-electron chi connectivity index (χ1n) is 10.9. The summed E-state index contributed by atoms with van der Waals surface area (Å²) in [6.07, 6.45) is 4.71. The summed E-state index contributed by atoms with van der Waals surface area (Å²) in [5, 5.41) is 9.29. The molecule has 0 unspecified atom stereocenters. The fraction of sp³-hybridized carbons (Fsp3) is 0.280. The minimum absolute atomic E-state index is 0.0433. The standard InChI is InChI=1S/C25H25N5O2/c1-16-8-10-18(11-9-16)30-21(26)19(24(31)28-12-4-3-5-13-28)15-20-23(30)27-22-17(2)7-6-14-29(22)25(20)32/h6-11,14-15,26H,3-5,12-13H2,1-2H3. The minimum atomic E-state index is -0.248. The number of rotatable bonds is 2. The monoisotopic (exact) mass is 427 g/mol. The highest BCUT2D eigenvalue weighted by atomic mass is 16.2. The zero-order valence-corrected chi connectivity index (χ0v) is 18.3. The predicted molar refractivity (Wildman–Crippen MR) is 123 cm³/mol. The molecule has 4 aromatic rings. The second-order valence-corrected chi connectivity index (χ2v) is 8.47. The fourth-order valence-corrected chi connectivity index (χ4v) is 4.41. The van der Waals surface area contributed by atoms with Crippen molar-refractivity contribution in [2.45, 2.75) is 33.1 Å². The van der Waals surface area contributed by atoms with Crippen LogP contribution >= 0.6 is 0 Å². The number of fused-ring (bicyclic) bond motifs is 2. The van der Waals surface area contributed by atoms with Crippen molar-refractivity contribution in [3.8, 4) is 5.69 Å². The molecule has 1 aromatic carbocycles. The molecule has 162 valence electrons. The Balaban J connectivity index is 1.87. The number of likely N-dealkylation sites (tertiary alicyclic amines) is 1. The number of pyridine rings is 2. The molecule has 3 aromatic heterocycles. The average Bonchev–Trinajstić information content (AvgIpc) is 2.81. The van der Waals surface area contributed by atoms with Gasteiger partial charge in [0.1, 0.15) is 11.1 Å². The molecule has 0 saturated carbocycles. The lowest BCUT2D eigenvalue weighted by atomic mass is 10.1. The van der Waals surface area contributed by atoms with Gasteiger partial charge in [-0.3, -0.25) is 24.0 Å². The minimum Gasteiger partial charge on any atom is -0.339 e. The Bertz CT molecular complexity index is 1480. The van der Waals surface area contributed by atoms with Crippen molar-refractivity contribution in [2.75, 3.05) is 13.1 Å². The number of hydrogen-bond donors (Lipinski definition) is 1. The van der Waals surface area contributed by atoms with Crippen molar-refractivity contribution in [1.29, 1.82) is 5.41 Å². The lowest BCUT2D eigenvalue weighted by Crippen LogP contribution is -2.40. The Morgan fingerprint density at radius 1 is 1.00 bits per heavy atom. The molecule has 1 amide bonds. The molecule has 0 bridgehead atoms. The lowest BCUT2D eigenvalue weighted by molar-refractivity contribution is 0.0722. The summed E-state index contributed by atoms with van der Waals surface area (Å²) in [6, 6.07) is 13.0. The first kappa shape index (κ1) is 20.2. The maximum Gasteiger partial charge on any atom is 0.267 e. The van der Waals surface area contributed by atoms with Gasteiger partial charge in [-0.15, -0.1) is 0 Å². The number of aryl methyl sites for hydroxylation is 2. The van der Waals surface area contributed by atoms with E-state index in [0.717, 1.165) is 30.4 Å². The highest BCUT2D eigenvalue weighted by Crippen LogP contribution is 2.19. The van der Waals surface area contributed by atoms with Gasteiger partial charge < -0.3 is 4.90 Å². The molecular weight excluding hydrogens is 402 g/mol. The number of nitrogens with one attached hydrogen (secondary N) is 1. The smallest absolute Gasteiger partial charge is 0.267 e. The maximum atomic E-state index is 13.5. The van der Waals surface area contributed by atoms with Crippen LogP contribution in [0.3, 0.4) is 0 Å².